The van der Waals surface area contributed by atoms with Crippen LogP contribution < -0.4 is 5.32 Å². The summed E-state index contributed by atoms with van der Waals surface area (Å²) in [5, 5.41) is 21.6. The Morgan fingerprint density at radius 1 is 1.42 bits per heavy atom. The molecule has 108 valence electrons. The fourth-order valence-electron chi connectivity index (χ4n) is 2.07. The number of aliphatic hydroxyl groups excluding tert-OH is 1. The molecule has 0 bridgehead atoms. The summed E-state index contributed by atoms with van der Waals surface area (Å²) in [6, 6.07) is 1.54. The highest BCUT2D eigenvalue weighted by Crippen LogP contribution is 2.24. The van der Waals surface area contributed by atoms with Crippen molar-refractivity contribution in [2.45, 2.75) is 40.2 Å². The maximum absolute atomic E-state index is 10.9. The predicted molar refractivity (Wildman–Crippen MR) is 72.2 cm³/mol. The molecule has 0 aliphatic rings. The molecule has 0 fully saturated rings. The number of aromatic carboxylic acids is 1. The Balaban J connectivity index is 2.58. The molecular weight excluding hydrogens is 246 g/mol. The maximum Gasteiger partial charge on any atom is 0.339 e. The molecule has 0 spiro atoms. The second kappa shape index (κ2) is 6.73. The third-order valence-corrected chi connectivity index (χ3v) is 3.83. The van der Waals surface area contributed by atoms with Gasteiger partial charge in [0, 0.05) is 18.6 Å². The summed E-state index contributed by atoms with van der Waals surface area (Å²) in [6.45, 7) is 7.05. The van der Waals surface area contributed by atoms with Crippen LogP contribution in [0.3, 0.4) is 0 Å². The first-order valence-corrected chi connectivity index (χ1v) is 6.62. The number of furan rings is 1. The second-order valence-electron chi connectivity index (χ2n) is 4.96. The smallest absolute Gasteiger partial charge is 0.339 e. The highest BCUT2D eigenvalue weighted by Gasteiger charge is 2.24. The lowest BCUT2D eigenvalue weighted by atomic mass is 9.83. The van der Waals surface area contributed by atoms with Gasteiger partial charge < -0.3 is 19.9 Å². The van der Waals surface area contributed by atoms with Gasteiger partial charge in [-0.3, -0.25) is 0 Å². The van der Waals surface area contributed by atoms with Gasteiger partial charge in [0.05, 0.1) is 6.54 Å². The Hall–Kier alpha value is -1.33. The first kappa shape index (κ1) is 15.7. The van der Waals surface area contributed by atoms with E-state index in [1.807, 2.05) is 0 Å². The molecule has 1 rings (SSSR count). The largest absolute Gasteiger partial charge is 0.478 e. The van der Waals surface area contributed by atoms with E-state index in [9.17, 15) is 9.90 Å². The van der Waals surface area contributed by atoms with E-state index in [1.165, 1.54) is 0 Å². The predicted octanol–water partition coefficient (Wildman–Crippen LogP) is 2.17. The van der Waals surface area contributed by atoms with Crippen LogP contribution in [0.2, 0.25) is 0 Å². The summed E-state index contributed by atoms with van der Waals surface area (Å²) in [4.78, 5) is 10.9. The molecule has 19 heavy (non-hydrogen) atoms. The molecule has 0 unspecified atom stereocenters. The van der Waals surface area contributed by atoms with Gasteiger partial charge in [0.2, 0.25) is 0 Å². The van der Waals surface area contributed by atoms with Crippen molar-refractivity contribution in [3.8, 4) is 0 Å². The van der Waals surface area contributed by atoms with Crippen LogP contribution in [0.15, 0.2) is 10.5 Å². The number of hydrogen-bond donors (Lipinski definition) is 3. The molecule has 0 saturated heterocycles. The molecule has 0 atom stereocenters. The average Bonchev–Trinajstić information content (AvgIpc) is 2.77. The van der Waals surface area contributed by atoms with Crippen LogP contribution in [0.4, 0.5) is 0 Å². The monoisotopic (exact) mass is 269 g/mol. The van der Waals surface area contributed by atoms with Crippen LogP contribution in [0, 0.1) is 12.3 Å². The summed E-state index contributed by atoms with van der Waals surface area (Å²) >= 11 is 0. The number of aliphatic hydroxyl groups is 1. The Morgan fingerprint density at radius 2 is 2.05 bits per heavy atom. The van der Waals surface area contributed by atoms with E-state index in [2.05, 4.69) is 19.2 Å². The van der Waals surface area contributed by atoms with E-state index in [0.717, 1.165) is 12.8 Å². The molecule has 1 heterocycles. The molecule has 0 saturated carbocycles. The van der Waals surface area contributed by atoms with Gasteiger partial charge in [-0.2, -0.15) is 0 Å². The van der Waals surface area contributed by atoms with E-state index in [1.54, 1.807) is 13.0 Å². The quantitative estimate of drug-likeness (QED) is 0.673. The number of hydrogen-bond acceptors (Lipinski definition) is 4. The standard InChI is InChI=1S/C14H23NO4/c1-4-14(5-2,9-16)8-15-7-11-6-12(13(17)18)10(3)19-11/h6,15-16H,4-5,7-9H2,1-3H3,(H,17,18). The van der Waals surface area contributed by atoms with Gasteiger partial charge in [-0.1, -0.05) is 13.8 Å². The summed E-state index contributed by atoms with van der Waals surface area (Å²) in [5.74, 6) is 0.0528. The fraction of sp³-hybridized carbons (Fsp3) is 0.643. The highest BCUT2D eigenvalue weighted by atomic mass is 16.4. The van der Waals surface area contributed by atoms with Gasteiger partial charge in [0.1, 0.15) is 17.1 Å². The third kappa shape index (κ3) is 3.81. The van der Waals surface area contributed by atoms with Crippen molar-refractivity contribution >= 4 is 5.97 Å². The average molecular weight is 269 g/mol. The number of carboxylic acid groups (broad SMARTS) is 1. The molecule has 0 radical (unpaired) electrons. The molecule has 5 nitrogen and oxygen atoms in total. The Bertz CT molecular complexity index is 413. The van der Waals surface area contributed by atoms with E-state index < -0.39 is 5.97 Å². The van der Waals surface area contributed by atoms with Gasteiger partial charge >= 0.3 is 5.97 Å². The van der Waals surface area contributed by atoms with Crippen molar-refractivity contribution in [3.05, 3.63) is 23.2 Å². The third-order valence-electron chi connectivity index (χ3n) is 3.83. The number of carbonyl (C=O) groups is 1. The second-order valence-corrected chi connectivity index (χ2v) is 4.96. The molecule has 1 aromatic heterocycles. The summed E-state index contributed by atoms with van der Waals surface area (Å²) < 4.78 is 5.39. The molecule has 0 amide bonds. The first-order valence-electron chi connectivity index (χ1n) is 6.62. The van der Waals surface area contributed by atoms with Crippen molar-refractivity contribution in [2.75, 3.05) is 13.2 Å². The maximum atomic E-state index is 10.9. The normalized spacial score (nSPS) is 11.8. The SMILES string of the molecule is CCC(CC)(CO)CNCc1cc(C(=O)O)c(C)o1. The first-order chi connectivity index (χ1) is 8.98. The Morgan fingerprint density at radius 3 is 2.47 bits per heavy atom. The molecule has 1 aromatic rings. The number of aryl methyl sites for hydroxylation is 1. The van der Waals surface area contributed by atoms with Gasteiger partial charge in [0.15, 0.2) is 0 Å². The molecule has 0 aromatic carbocycles. The summed E-state index contributed by atoms with van der Waals surface area (Å²) in [7, 11) is 0. The summed E-state index contributed by atoms with van der Waals surface area (Å²) in [5.41, 5.74) is 0.0910. The van der Waals surface area contributed by atoms with Crippen molar-refractivity contribution in [3.63, 3.8) is 0 Å². The topological polar surface area (TPSA) is 82.7 Å². The van der Waals surface area contributed by atoms with Crippen LogP contribution in [0.25, 0.3) is 0 Å². The van der Waals surface area contributed by atoms with Gasteiger partial charge in [-0.25, -0.2) is 4.79 Å². The Labute approximate surface area is 113 Å². The molecule has 0 aliphatic heterocycles. The van der Waals surface area contributed by atoms with Crippen LogP contribution >= 0.6 is 0 Å². The van der Waals surface area contributed by atoms with Gasteiger partial charge in [-0.05, 0) is 25.8 Å². The molecule has 5 heteroatoms. The van der Waals surface area contributed by atoms with E-state index in [0.29, 0.717) is 24.6 Å². The van der Waals surface area contributed by atoms with Crippen molar-refractivity contribution in [2.24, 2.45) is 5.41 Å². The minimum atomic E-state index is -0.973. The van der Waals surface area contributed by atoms with Crippen LogP contribution in [-0.2, 0) is 6.54 Å². The van der Waals surface area contributed by atoms with Crippen molar-refractivity contribution in [1.82, 2.24) is 5.32 Å². The zero-order valence-corrected chi connectivity index (χ0v) is 11.8. The highest BCUT2D eigenvalue weighted by molar-refractivity contribution is 5.88. The van der Waals surface area contributed by atoms with E-state index in [-0.39, 0.29) is 17.6 Å². The molecule has 3 N–H and O–H groups in total. The minimum Gasteiger partial charge on any atom is -0.478 e. The zero-order valence-electron chi connectivity index (χ0n) is 11.8. The van der Waals surface area contributed by atoms with E-state index in [4.69, 9.17) is 9.52 Å². The van der Waals surface area contributed by atoms with E-state index >= 15 is 0 Å². The number of nitrogens with one attached hydrogen (secondary N) is 1. The lowest BCUT2D eigenvalue weighted by Gasteiger charge is -2.29. The lowest BCUT2D eigenvalue weighted by molar-refractivity contribution is 0.0695. The fourth-order valence-corrected chi connectivity index (χ4v) is 2.07. The Kier molecular flexibility index (Phi) is 5.57. The van der Waals surface area contributed by atoms with Gasteiger partial charge in [0.25, 0.3) is 0 Å². The number of carboxylic acids is 1. The zero-order chi connectivity index (χ0) is 14.5. The lowest BCUT2D eigenvalue weighted by Crippen LogP contribution is -2.36. The minimum absolute atomic E-state index is 0.114. The number of rotatable bonds is 8. The van der Waals surface area contributed by atoms with Crippen molar-refractivity contribution in [1.29, 1.82) is 0 Å². The molecular formula is C14H23NO4. The van der Waals surface area contributed by atoms with Crippen LogP contribution in [-0.4, -0.2) is 29.3 Å². The van der Waals surface area contributed by atoms with Crippen LogP contribution in [0.5, 0.6) is 0 Å². The summed E-state index contributed by atoms with van der Waals surface area (Å²) in [6.07, 6.45) is 1.79. The van der Waals surface area contributed by atoms with Crippen LogP contribution in [0.1, 0.15) is 48.6 Å². The van der Waals surface area contributed by atoms with Gasteiger partial charge in [-0.15, -0.1) is 0 Å². The van der Waals surface area contributed by atoms with Crippen molar-refractivity contribution < 1.29 is 19.4 Å². The molecule has 0 aliphatic carbocycles.